The zero-order valence-electron chi connectivity index (χ0n) is 38.2. The van der Waals surface area contributed by atoms with Gasteiger partial charge in [-0.25, -0.2) is 9.97 Å². The third kappa shape index (κ3) is 12.7. The van der Waals surface area contributed by atoms with Gasteiger partial charge in [-0.3, -0.25) is 39.0 Å². The Balaban J connectivity index is 0.691. The highest BCUT2D eigenvalue weighted by Crippen LogP contribution is 2.43. The molecule has 7 rings (SSSR count). The summed E-state index contributed by atoms with van der Waals surface area (Å²) in [4.78, 5) is 90.6. The summed E-state index contributed by atoms with van der Waals surface area (Å²) in [7, 11) is 0. The van der Waals surface area contributed by atoms with Crippen LogP contribution >= 0.6 is 11.6 Å². The molecule has 4 unspecified atom stereocenters. The molecule has 1 aliphatic carbocycles. The Kier molecular flexibility index (Phi) is 18.2. The van der Waals surface area contributed by atoms with Gasteiger partial charge in [0.1, 0.15) is 18.2 Å². The number of aliphatic hydroxyl groups excluding tert-OH is 1. The van der Waals surface area contributed by atoms with E-state index in [2.05, 4.69) is 43.1 Å². The molecule has 20 nitrogen and oxygen atoms in total. The zero-order chi connectivity index (χ0) is 48.0. The molecule has 4 atom stereocenters. The van der Waals surface area contributed by atoms with Crippen molar-refractivity contribution in [2.24, 2.45) is 0 Å². The van der Waals surface area contributed by atoms with Gasteiger partial charge in [-0.05, 0) is 48.6 Å². The fourth-order valence-electron chi connectivity index (χ4n) is 8.84. The first-order valence-corrected chi connectivity index (χ1v) is 23.6. The Labute approximate surface area is 399 Å². The number of nitrogens with one attached hydrogen (secondary N) is 4. The van der Waals surface area contributed by atoms with Crippen LogP contribution in [0.4, 0.5) is 11.5 Å². The first kappa shape index (κ1) is 50.3. The molecule has 21 heteroatoms. The molecule has 3 aliphatic heterocycles. The van der Waals surface area contributed by atoms with Gasteiger partial charge in [0.25, 0.3) is 11.8 Å². The molecular weight excluding hydrogens is 902 g/mol. The minimum Gasteiger partial charge on any atom is -0.387 e. The van der Waals surface area contributed by atoms with E-state index >= 15 is 0 Å². The lowest BCUT2D eigenvalue weighted by molar-refractivity contribution is -0.136. The van der Waals surface area contributed by atoms with E-state index in [0.29, 0.717) is 128 Å². The predicted molar refractivity (Wildman–Crippen MR) is 248 cm³/mol. The standard InChI is InChI=1S/C47H60ClN9O11/c1-30-27-37(58)42-40(30)43(53-29-52-42)55-15-17-56(18-16-55)45(62)34(31-5-7-32(48)8-6-31)28-49-12-11-38(59)51-14-20-66-22-24-68-26-25-67-23-21-65-19-13-50-35-4-2-3-33-41(35)47(64)57(46(33)63)36-9-10-39(60)54-44(36)61/h2-8,29-30,34,36-37,49-50,58H,9-28H2,1H3,(H,51,59)(H,54,60,61). The van der Waals surface area contributed by atoms with Gasteiger partial charge in [0.15, 0.2) is 0 Å². The lowest BCUT2D eigenvalue weighted by atomic mass is 9.97. The summed E-state index contributed by atoms with van der Waals surface area (Å²) < 4.78 is 22.3. The zero-order valence-corrected chi connectivity index (χ0v) is 39.0. The largest absolute Gasteiger partial charge is 0.387 e. The van der Waals surface area contributed by atoms with E-state index in [1.807, 2.05) is 17.0 Å². The lowest BCUT2D eigenvalue weighted by Gasteiger charge is -2.38. The topological polar surface area (TPSA) is 243 Å². The average Bonchev–Trinajstić information content (AvgIpc) is 3.78. The number of carbonyl (C=O) groups excluding carboxylic acids is 6. The van der Waals surface area contributed by atoms with Crippen LogP contribution in [0.1, 0.15) is 88.1 Å². The van der Waals surface area contributed by atoms with Crippen LogP contribution in [0.2, 0.25) is 5.02 Å². The van der Waals surface area contributed by atoms with Crippen molar-refractivity contribution < 1.29 is 52.8 Å². The van der Waals surface area contributed by atoms with E-state index in [1.54, 1.807) is 30.3 Å². The Hall–Kier alpha value is -5.61. The summed E-state index contributed by atoms with van der Waals surface area (Å²) in [5.41, 5.74) is 3.39. The number of ether oxygens (including phenoxy) is 4. The molecule has 0 radical (unpaired) electrons. The van der Waals surface area contributed by atoms with Gasteiger partial charge < -0.3 is 49.8 Å². The molecule has 2 aromatic carbocycles. The molecule has 0 bridgehead atoms. The maximum Gasteiger partial charge on any atom is 0.264 e. The number of piperazine rings is 1. The fourth-order valence-corrected chi connectivity index (χ4v) is 8.96. The van der Waals surface area contributed by atoms with Gasteiger partial charge >= 0.3 is 0 Å². The van der Waals surface area contributed by atoms with Crippen molar-refractivity contribution in [2.75, 3.05) is 115 Å². The summed E-state index contributed by atoms with van der Waals surface area (Å²) in [5, 5.41) is 22.5. The predicted octanol–water partition coefficient (Wildman–Crippen LogP) is 1.78. The minimum atomic E-state index is -1.03. The molecule has 2 fully saturated rings. The first-order chi connectivity index (χ1) is 33.0. The number of anilines is 2. The van der Waals surface area contributed by atoms with E-state index < -0.39 is 41.7 Å². The highest BCUT2D eigenvalue weighted by Gasteiger charge is 2.45. The number of aromatic nitrogens is 2. The van der Waals surface area contributed by atoms with Gasteiger partial charge in [-0.2, -0.15) is 0 Å². The fraction of sp³-hybridized carbons (Fsp3) is 0.532. The number of fused-ring (bicyclic) bond motifs is 2. The van der Waals surface area contributed by atoms with Crippen molar-refractivity contribution in [3.05, 3.63) is 81.8 Å². The minimum absolute atomic E-state index is 0.000719. The summed E-state index contributed by atoms with van der Waals surface area (Å²) in [6.45, 7) is 8.59. The van der Waals surface area contributed by atoms with E-state index in [4.69, 9.17) is 30.5 Å². The maximum absolute atomic E-state index is 14.0. The number of halogens is 1. The van der Waals surface area contributed by atoms with Crippen LogP contribution in [0, 0.1) is 0 Å². The van der Waals surface area contributed by atoms with Crippen molar-refractivity contribution >= 4 is 58.5 Å². The number of nitrogens with zero attached hydrogens (tertiary/aromatic N) is 5. The highest BCUT2D eigenvalue weighted by molar-refractivity contribution is 6.30. The molecule has 6 amide bonds. The number of rotatable bonds is 25. The van der Waals surface area contributed by atoms with E-state index in [-0.39, 0.29) is 48.1 Å². The number of aliphatic hydroxyl groups is 1. The molecule has 5 N–H and O–H groups in total. The second kappa shape index (κ2) is 24.6. The van der Waals surface area contributed by atoms with E-state index in [1.165, 1.54) is 6.33 Å². The normalized spacial score (nSPS) is 19.5. The number of benzene rings is 2. The first-order valence-electron chi connectivity index (χ1n) is 23.2. The van der Waals surface area contributed by atoms with Crippen molar-refractivity contribution in [1.29, 1.82) is 0 Å². The van der Waals surface area contributed by atoms with Crippen LogP contribution in [0.3, 0.4) is 0 Å². The second-order valence-corrected chi connectivity index (χ2v) is 17.4. The van der Waals surface area contributed by atoms with Crippen LogP contribution in [-0.4, -0.2) is 172 Å². The Morgan fingerprint density at radius 1 is 0.853 bits per heavy atom. The van der Waals surface area contributed by atoms with Crippen LogP contribution < -0.4 is 26.2 Å². The number of hydrogen-bond acceptors (Lipinski definition) is 16. The van der Waals surface area contributed by atoms with Gasteiger partial charge in [-0.1, -0.05) is 36.7 Å². The SMILES string of the molecule is CC1CC(O)c2ncnc(N3CCN(C(=O)C(CNCCC(=O)NCCOCCOCCOCCOCCNc4cccc5c4C(=O)N(C4CCC(=O)NC4=O)C5=O)c4ccc(Cl)cc4)CC3)c21. The van der Waals surface area contributed by atoms with Crippen molar-refractivity contribution in [3.8, 4) is 0 Å². The maximum atomic E-state index is 14.0. The van der Waals surface area contributed by atoms with E-state index in [9.17, 15) is 33.9 Å². The molecule has 0 saturated carbocycles. The third-order valence-electron chi connectivity index (χ3n) is 12.3. The van der Waals surface area contributed by atoms with Crippen LogP contribution in [-0.2, 0) is 38.1 Å². The highest BCUT2D eigenvalue weighted by atomic mass is 35.5. The molecule has 366 valence electrons. The van der Waals surface area contributed by atoms with Crippen molar-refractivity contribution in [3.63, 3.8) is 0 Å². The smallest absolute Gasteiger partial charge is 0.264 e. The Morgan fingerprint density at radius 2 is 1.53 bits per heavy atom. The molecule has 4 aliphatic rings. The summed E-state index contributed by atoms with van der Waals surface area (Å²) in [6, 6.07) is 11.1. The van der Waals surface area contributed by atoms with Crippen molar-refractivity contribution in [1.82, 2.24) is 35.7 Å². The summed E-state index contributed by atoms with van der Waals surface area (Å²) >= 11 is 6.17. The summed E-state index contributed by atoms with van der Waals surface area (Å²) in [6.07, 6.45) is 1.93. The molecule has 4 heterocycles. The molecule has 0 spiro atoms. The van der Waals surface area contributed by atoms with Crippen LogP contribution in [0.5, 0.6) is 0 Å². The average molecular weight is 963 g/mol. The molecule has 3 aromatic rings. The van der Waals surface area contributed by atoms with Gasteiger partial charge in [0, 0.05) is 81.5 Å². The number of carbonyl (C=O) groups is 6. The number of amides is 6. The van der Waals surface area contributed by atoms with Crippen LogP contribution in [0.25, 0.3) is 0 Å². The Morgan fingerprint density at radius 3 is 2.22 bits per heavy atom. The second-order valence-electron chi connectivity index (χ2n) is 16.9. The molecule has 1 aromatic heterocycles. The lowest BCUT2D eigenvalue weighted by Crippen LogP contribution is -2.54. The van der Waals surface area contributed by atoms with E-state index in [0.717, 1.165) is 21.8 Å². The molecule has 2 saturated heterocycles. The Bertz CT molecular complexity index is 2260. The third-order valence-corrected chi connectivity index (χ3v) is 12.6. The van der Waals surface area contributed by atoms with Gasteiger partial charge in [-0.15, -0.1) is 0 Å². The molecule has 68 heavy (non-hydrogen) atoms. The monoisotopic (exact) mass is 961 g/mol. The van der Waals surface area contributed by atoms with Crippen LogP contribution in [0.15, 0.2) is 48.8 Å². The van der Waals surface area contributed by atoms with Gasteiger partial charge in [0.05, 0.1) is 81.7 Å². The number of hydrogen-bond donors (Lipinski definition) is 5. The number of piperidine rings is 1. The van der Waals surface area contributed by atoms with Crippen molar-refractivity contribution in [2.45, 2.75) is 56.6 Å². The summed E-state index contributed by atoms with van der Waals surface area (Å²) in [5.74, 6) is -1.82. The quantitative estimate of drug-likeness (QED) is 0.0601. The number of imide groups is 2. The molecular formula is C47H60ClN9O11. The van der Waals surface area contributed by atoms with Gasteiger partial charge in [0.2, 0.25) is 23.6 Å².